The van der Waals surface area contributed by atoms with E-state index in [-0.39, 0.29) is 12.3 Å². The SMILES string of the molecule is CC(C)[C@H](OC(=O)CCCOc1cccc(Br)c1)C(=O)NC(N)=O. The number of ether oxygens (including phenoxy) is 2. The van der Waals surface area contributed by atoms with Crippen LogP contribution in [0.4, 0.5) is 4.79 Å². The molecule has 0 aromatic heterocycles. The topological polar surface area (TPSA) is 108 Å². The number of carbonyl (C=O) groups is 3. The standard InChI is InChI=1S/C16H21BrN2O5/c1-10(2)14(15(21)19-16(18)22)24-13(20)7-4-8-23-12-6-3-5-11(17)9-12/h3,5-6,9-10,14H,4,7-8H2,1-2H3,(H3,18,19,21,22)/t14-/m0/s1. The lowest BCUT2D eigenvalue weighted by molar-refractivity contribution is -0.158. The molecule has 0 fully saturated rings. The van der Waals surface area contributed by atoms with Crippen LogP contribution in [0.3, 0.4) is 0 Å². The van der Waals surface area contributed by atoms with Crippen LogP contribution < -0.4 is 15.8 Å². The summed E-state index contributed by atoms with van der Waals surface area (Å²) in [5.41, 5.74) is 4.89. The zero-order chi connectivity index (χ0) is 18.1. The van der Waals surface area contributed by atoms with Crippen LogP contribution in [-0.4, -0.2) is 30.6 Å². The number of urea groups is 1. The van der Waals surface area contributed by atoms with Gasteiger partial charge in [0, 0.05) is 10.9 Å². The molecule has 0 bridgehead atoms. The highest BCUT2D eigenvalue weighted by Crippen LogP contribution is 2.18. The maximum atomic E-state index is 11.8. The van der Waals surface area contributed by atoms with Gasteiger partial charge in [-0.15, -0.1) is 0 Å². The highest BCUT2D eigenvalue weighted by Gasteiger charge is 2.27. The van der Waals surface area contributed by atoms with Crippen LogP contribution in [0, 0.1) is 5.92 Å². The number of hydrogen-bond acceptors (Lipinski definition) is 5. The average Bonchev–Trinajstić information content (AvgIpc) is 2.48. The van der Waals surface area contributed by atoms with Crippen LogP contribution in [-0.2, 0) is 14.3 Å². The number of imide groups is 1. The average molecular weight is 401 g/mol. The predicted octanol–water partition coefficient (Wildman–Crippen LogP) is 2.37. The molecule has 0 aliphatic heterocycles. The number of primary amides is 1. The molecule has 1 rings (SSSR count). The quantitative estimate of drug-likeness (QED) is 0.514. The summed E-state index contributed by atoms with van der Waals surface area (Å²) >= 11 is 3.34. The number of nitrogens with one attached hydrogen (secondary N) is 1. The van der Waals surface area contributed by atoms with Gasteiger partial charge >= 0.3 is 12.0 Å². The first-order chi connectivity index (χ1) is 11.3. The van der Waals surface area contributed by atoms with Gasteiger partial charge in [0.2, 0.25) is 0 Å². The molecule has 132 valence electrons. The molecule has 0 radical (unpaired) electrons. The van der Waals surface area contributed by atoms with Crippen LogP contribution in [0.1, 0.15) is 26.7 Å². The summed E-state index contributed by atoms with van der Waals surface area (Å²) in [5.74, 6) is -0.854. The van der Waals surface area contributed by atoms with E-state index in [1.54, 1.807) is 13.8 Å². The van der Waals surface area contributed by atoms with Crippen molar-refractivity contribution in [1.82, 2.24) is 5.32 Å². The Kier molecular flexibility index (Phi) is 8.25. The number of nitrogens with two attached hydrogens (primary N) is 1. The Morgan fingerprint density at radius 2 is 2.00 bits per heavy atom. The molecule has 1 aromatic rings. The fourth-order valence-corrected chi connectivity index (χ4v) is 2.23. The minimum Gasteiger partial charge on any atom is -0.494 e. The predicted molar refractivity (Wildman–Crippen MR) is 91.3 cm³/mol. The smallest absolute Gasteiger partial charge is 0.318 e. The first kappa shape index (κ1) is 20.0. The van der Waals surface area contributed by atoms with Crippen LogP contribution in [0.15, 0.2) is 28.7 Å². The van der Waals surface area contributed by atoms with Crippen molar-refractivity contribution >= 4 is 33.8 Å². The van der Waals surface area contributed by atoms with Crippen LogP contribution >= 0.6 is 15.9 Å². The van der Waals surface area contributed by atoms with Gasteiger partial charge in [-0.25, -0.2) is 4.79 Å². The van der Waals surface area contributed by atoms with E-state index in [0.717, 1.165) is 4.47 Å². The first-order valence-electron chi connectivity index (χ1n) is 7.47. The molecule has 0 unspecified atom stereocenters. The van der Waals surface area contributed by atoms with Crippen molar-refractivity contribution in [3.05, 3.63) is 28.7 Å². The third-order valence-electron chi connectivity index (χ3n) is 2.96. The number of hydrogen-bond donors (Lipinski definition) is 2. The molecular weight excluding hydrogens is 380 g/mol. The Bertz CT molecular complexity index is 592. The van der Waals surface area contributed by atoms with Gasteiger partial charge in [-0.3, -0.25) is 14.9 Å². The van der Waals surface area contributed by atoms with Gasteiger partial charge in [0.1, 0.15) is 5.75 Å². The van der Waals surface area contributed by atoms with Crippen molar-refractivity contribution in [3.8, 4) is 5.75 Å². The lowest BCUT2D eigenvalue weighted by Crippen LogP contribution is -2.45. The highest BCUT2D eigenvalue weighted by atomic mass is 79.9. The Hall–Kier alpha value is -2.09. The van der Waals surface area contributed by atoms with Crippen molar-refractivity contribution in [1.29, 1.82) is 0 Å². The number of esters is 1. The number of amides is 3. The summed E-state index contributed by atoms with van der Waals surface area (Å²) in [6.45, 7) is 3.75. The molecule has 0 aliphatic carbocycles. The van der Waals surface area contributed by atoms with Gasteiger partial charge in [-0.05, 0) is 30.5 Å². The zero-order valence-electron chi connectivity index (χ0n) is 13.6. The minimum atomic E-state index is -1.06. The van der Waals surface area contributed by atoms with Crippen molar-refractivity contribution in [2.75, 3.05) is 6.61 Å². The van der Waals surface area contributed by atoms with E-state index in [4.69, 9.17) is 15.2 Å². The van der Waals surface area contributed by atoms with Crippen LogP contribution in [0.2, 0.25) is 0 Å². The molecule has 1 atom stereocenters. The maximum absolute atomic E-state index is 11.8. The van der Waals surface area contributed by atoms with E-state index in [0.29, 0.717) is 18.8 Å². The normalized spacial score (nSPS) is 11.7. The summed E-state index contributed by atoms with van der Waals surface area (Å²) in [6.07, 6.45) is -0.523. The number of benzene rings is 1. The third-order valence-corrected chi connectivity index (χ3v) is 3.45. The molecule has 0 aliphatic rings. The Balaban J connectivity index is 2.38. The zero-order valence-corrected chi connectivity index (χ0v) is 15.2. The monoisotopic (exact) mass is 400 g/mol. The van der Waals surface area contributed by atoms with E-state index in [1.165, 1.54) is 0 Å². The second kappa shape index (κ2) is 9.92. The summed E-state index contributed by atoms with van der Waals surface area (Å²) in [6, 6.07) is 6.38. The van der Waals surface area contributed by atoms with E-state index < -0.39 is 24.0 Å². The first-order valence-corrected chi connectivity index (χ1v) is 8.27. The largest absolute Gasteiger partial charge is 0.494 e. The molecule has 1 aromatic carbocycles. The third kappa shape index (κ3) is 7.45. The molecule has 0 saturated heterocycles. The Morgan fingerprint density at radius 1 is 1.29 bits per heavy atom. The molecule has 8 heteroatoms. The van der Waals surface area contributed by atoms with Gasteiger partial charge in [-0.2, -0.15) is 0 Å². The second-order valence-corrected chi connectivity index (χ2v) is 6.33. The highest BCUT2D eigenvalue weighted by molar-refractivity contribution is 9.10. The summed E-state index contributed by atoms with van der Waals surface area (Å²) < 4.78 is 11.5. The van der Waals surface area contributed by atoms with Crippen LogP contribution in [0.5, 0.6) is 5.75 Å². The molecular formula is C16H21BrN2O5. The maximum Gasteiger partial charge on any atom is 0.318 e. The lowest BCUT2D eigenvalue weighted by atomic mass is 10.1. The van der Waals surface area contributed by atoms with Crippen molar-refractivity contribution in [3.63, 3.8) is 0 Å². The Morgan fingerprint density at radius 3 is 2.58 bits per heavy atom. The molecule has 0 spiro atoms. The molecule has 0 saturated carbocycles. The van der Waals surface area contributed by atoms with E-state index in [2.05, 4.69) is 15.9 Å². The molecule has 7 nitrogen and oxygen atoms in total. The lowest BCUT2D eigenvalue weighted by Gasteiger charge is -2.19. The Labute approximate surface area is 149 Å². The molecule has 3 N–H and O–H groups in total. The fourth-order valence-electron chi connectivity index (χ4n) is 1.85. The summed E-state index contributed by atoms with van der Waals surface area (Å²) in [4.78, 5) is 34.3. The molecule has 24 heavy (non-hydrogen) atoms. The van der Waals surface area contributed by atoms with Crippen LogP contribution in [0.25, 0.3) is 0 Å². The summed E-state index contributed by atoms with van der Waals surface area (Å²) in [5, 5.41) is 1.92. The van der Waals surface area contributed by atoms with Crippen molar-refractivity contribution in [2.45, 2.75) is 32.8 Å². The fraction of sp³-hybridized carbons (Fsp3) is 0.438. The van der Waals surface area contributed by atoms with E-state index in [9.17, 15) is 14.4 Å². The van der Waals surface area contributed by atoms with Gasteiger partial charge in [-0.1, -0.05) is 35.8 Å². The molecule has 0 heterocycles. The second-order valence-electron chi connectivity index (χ2n) is 5.42. The van der Waals surface area contributed by atoms with Crippen molar-refractivity contribution < 1.29 is 23.9 Å². The summed E-state index contributed by atoms with van der Waals surface area (Å²) in [7, 11) is 0. The van der Waals surface area contributed by atoms with Gasteiger partial charge in [0.15, 0.2) is 6.10 Å². The molecule has 3 amide bonds. The number of halogens is 1. The van der Waals surface area contributed by atoms with E-state index in [1.807, 2.05) is 29.6 Å². The number of rotatable bonds is 8. The van der Waals surface area contributed by atoms with Gasteiger partial charge in [0.25, 0.3) is 5.91 Å². The van der Waals surface area contributed by atoms with Gasteiger partial charge in [0.05, 0.1) is 6.61 Å². The minimum absolute atomic E-state index is 0.0983. The van der Waals surface area contributed by atoms with E-state index >= 15 is 0 Å². The van der Waals surface area contributed by atoms with Crippen molar-refractivity contribution in [2.24, 2.45) is 11.7 Å². The number of carbonyl (C=O) groups excluding carboxylic acids is 3. The van der Waals surface area contributed by atoms with Gasteiger partial charge < -0.3 is 15.2 Å².